The molecule has 0 atom stereocenters. The van der Waals surface area contributed by atoms with Crippen LogP contribution in [0.4, 0.5) is 8.78 Å². The van der Waals surface area contributed by atoms with Gasteiger partial charge in [0.2, 0.25) is 11.4 Å². The van der Waals surface area contributed by atoms with Crippen molar-refractivity contribution in [3.05, 3.63) is 109 Å². The molecule has 0 spiro atoms. The van der Waals surface area contributed by atoms with Gasteiger partial charge in [0.1, 0.15) is 11.6 Å². The molecule has 4 rings (SSSR count). The Labute approximate surface area is 150 Å². The second-order valence-electron chi connectivity index (χ2n) is 5.95. The average molecular weight is 346 g/mol. The van der Waals surface area contributed by atoms with Crippen molar-refractivity contribution in [3.63, 3.8) is 0 Å². The van der Waals surface area contributed by atoms with E-state index in [0.717, 1.165) is 22.5 Å². The Morgan fingerprint density at radius 3 is 1.23 bits per heavy atom. The standard InChI is InChI=1S/C22H16F2N2/c23-19-3-1-5-21(15-19)25-11-7-17(8-12-25)18-9-13-26(14-10-18)22-6-2-4-20(24)16-22/h1-16H/q+2. The molecule has 0 saturated heterocycles. The molecular formula is C22H16F2N2+2. The zero-order chi connectivity index (χ0) is 17.9. The number of nitrogens with zero attached hydrogens (tertiary/aromatic N) is 2. The average Bonchev–Trinajstić information content (AvgIpc) is 2.68. The van der Waals surface area contributed by atoms with Gasteiger partial charge in [0.05, 0.1) is 0 Å². The van der Waals surface area contributed by atoms with Crippen molar-refractivity contribution >= 4 is 0 Å². The lowest BCUT2D eigenvalue weighted by atomic mass is 10.1. The minimum atomic E-state index is -0.260. The molecule has 0 unspecified atom stereocenters. The van der Waals surface area contributed by atoms with Crippen LogP contribution in [0.3, 0.4) is 0 Å². The van der Waals surface area contributed by atoms with Crippen molar-refractivity contribution in [2.45, 2.75) is 0 Å². The third-order valence-corrected chi connectivity index (χ3v) is 4.20. The molecule has 0 bridgehead atoms. The number of halogens is 2. The summed E-state index contributed by atoms with van der Waals surface area (Å²) in [4.78, 5) is 0. The van der Waals surface area contributed by atoms with Gasteiger partial charge in [-0.2, -0.15) is 9.13 Å². The largest absolute Gasteiger partial charge is 0.213 e. The molecule has 0 radical (unpaired) electrons. The summed E-state index contributed by atoms with van der Waals surface area (Å²) in [5.41, 5.74) is 3.63. The van der Waals surface area contributed by atoms with Crippen molar-refractivity contribution < 1.29 is 17.9 Å². The molecule has 2 aromatic heterocycles. The van der Waals surface area contributed by atoms with E-state index in [0.29, 0.717) is 0 Å². The van der Waals surface area contributed by atoms with E-state index in [-0.39, 0.29) is 11.6 Å². The molecule has 2 aromatic carbocycles. The number of aromatic nitrogens is 2. The topological polar surface area (TPSA) is 7.76 Å². The van der Waals surface area contributed by atoms with Crippen LogP contribution in [0.25, 0.3) is 22.5 Å². The number of hydrogen-bond acceptors (Lipinski definition) is 0. The molecule has 0 fully saturated rings. The summed E-state index contributed by atoms with van der Waals surface area (Å²) in [5, 5.41) is 0. The van der Waals surface area contributed by atoms with E-state index in [9.17, 15) is 8.78 Å². The summed E-state index contributed by atoms with van der Waals surface area (Å²) in [6.07, 6.45) is 7.60. The summed E-state index contributed by atoms with van der Waals surface area (Å²) >= 11 is 0. The maximum Gasteiger partial charge on any atom is 0.213 e. The van der Waals surface area contributed by atoms with Gasteiger partial charge in [0, 0.05) is 48.5 Å². The molecule has 0 N–H and O–H groups in total. The Morgan fingerprint density at radius 1 is 0.500 bits per heavy atom. The van der Waals surface area contributed by atoms with Crippen LogP contribution in [0, 0.1) is 11.6 Å². The van der Waals surface area contributed by atoms with Crippen molar-refractivity contribution in [2.24, 2.45) is 0 Å². The number of pyridine rings is 2. The van der Waals surface area contributed by atoms with Gasteiger partial charge in [-0.3, -0.25) is 0 Å². The summed E-state index contributed by atoms with van der Waals surface area (Å²) in [6, 6.07) is 20.8. The second kappa shape index (κ2) is 6.84. The Balaban J connectivity index is 1.60. The highest BCUT2D eigenvalue weighted by molar-refractivity contribution is 5.61. The highest BCUT2D eigenvalue weighted by Gasteiger charge is 2.10. The van der Waals surface area contributed by atoms with Crippen LogP contribution in [0.5, 0.6) is 0 Å². The molecule has 2 nitrogen and oxygen atoms in total. The van der Waals surface area contributed by atoms with Crippen molar-refractivity contribution in [1.82, 2.24) is 0 Å². The van der Waals surface area contributed by atoms with E-state index in [1.54, 1.807) is 12.1 Å². The fourth-order valence-electron chi connectivity index (χ4n) is 2.86. The first kappa shape index (κ1) is 16.1. The maximum atomic E-state index is 13.4. The van der Waals surface area contributed by atoms with Gasteiger partial charge in [-0.25, -0.2) is 8.78 Å². The van der Waals surface area contributed by atoms with Gasteiger partial charge in [-0.1, -0.05) is 12.1 Å². The molecule has 126 valence electrons. The zero-order valence-electron chi connectivity index (χ0n) is 13.9. The fraction of sp³-hybridized carbons (Fsp3) is 0. The second-order valence-corrected chi connectivity index (χ2v) is 5.95. The van der Waals surface area contributed by atoms with E-state index in [4.69, 9.17) is 0 Å². The van der Waals surface area contributed by atoms with Crippen LogP contribution < -0.4 is 9.13 Å². The van der Waals surface area contributed by atoms with Crippen LogP contribution in [-0.4, -0.2) is 0 Å². The Bertz CT molecular complexity index is 955. The van der Waals surface area contributed by atoms with E-state index in [2.05, 4.69) is 0 Å². The van der Waals surface area contributed by atoms with Crippen LogP contribution in [-0.2, 0) is 0 Å². The number of hydrogen-bond donors (Lipinski definition) is 0. The van der Waals surface area contributed by atoms with E-state index in [1.165, 1.54) is 24.3 Å². The number of benzene rings is 2. The molecule has 0 aliphatic heterocycles. The maximum absolute atomic E-state index is 13.4. The fourth-order valence-corrected chi connectivity index (χ4v) is 2.86. The van der Waals surface area contributed by atoms with Crippen LogP contribution in [0.1, 0.15) is 0 Å². The van der Waals surface area contributed by atoms with Gasteiger partial charge in [-0.05, 0) is 23.3 Å². The first-order valence-electron chi connectivity index (χ1n) is 8.24. The van der Waals surface area contributed by atoms with E-state index < -0.39 is 0 Å². The molecule has 26 heavy (non-hydrogen) atoms. The third kappa shape index (κ3) is 3.35. The highest BCUT2D eigenvalue weighted by atomic mass is 19.1. The normalized spacial score (nSPS) is 10.7. The third-order valence-electron chi connectivity index (χ3n) is 4.20. The number of rotatable bonds is 3. The Morgan fingerprint density at radius 2 is 0.885 bits per heavy atom. The van der Waals surface area contributed by atoms with Crippen molar-refractivity contribution in [1.29, 1.82) is 0 Å². The van der Waals surface area contributed by atoms with Gasteiger partial charge in [0.15, 0.2) is 24.8 Å². The van der Waals surface area contributed by atoms with E-state index >= 15 is 0 Å². The summed E-state index contributed by atoms with van der Waals surface area (Å²) in [5.74, 6) is -0.520. The predicted molar refractivity (Wildman–Crippen MR) is 94.9 cm³/mol. The van der Waals surface area contributed by atoms with Gasteiger partial charge < -0.3 is 0 Å². The molecular weight excluding hydrogens is 330 g/mol. The summed E-state index contributed by atoms with van der Waals surface area (Å²) < 4.78 is 30.4. The minimum Gasteiger partial charge on any atom is -0.207 e. The van der Waals surface area contributed by atoms with Gasteiger partial charge in [-0.15, -0.1) is 0 Å². The quantitative estimate of drug-likeness (QED) is 0.492. The lowest BCUT2D eigenvalue weighted by Gasteiger charge is -2.01. The van der Waals surface area contributed by atoms with Crippen molar-refractivity contribution in [2.75, 3.05) is 0 Å². The highest BCUT2D eigenvalue weighted by Crippen LogP contribution is 2.17. The molecule has 4 heteroatoms. The first-order valence-corrected chi connectivity index (χ1v) is 8.24. The SMILES string of the molecule is Fc1cccc(-[n+]2ccc(-c3cc[n+](-c4cccc(F)c4)cc3)cc2)c1. The first-order chi connectivity index (χ1) is 12.7. The molecule has 0 aliphatic carbocycles. The minimum absolute atomic E-state index is 0.260. The Hall–Kier alpha value is -3.40. The lowest BCUT2D eigenvalue weighted by Crippen LogP contribution is -2.29. The smallest absolute Gasteiger partial charge is 0.207 e. The molecule has 0 saturated carbocycles. The molecule has 4 aromatic rings. The molecule has 0 aliphatic rings. The monoisotopic (exact) mass is 346 g/mol. The molecule has 0 amide bonds. The predicted octanol–water partition coefficient (Wildman–Crippen LogP) is 4.19. The summed E-state index contributed by atoms with van der Waals surface area (Å²) in [7, 11) is 0. The van der Waals surface area contributed by atoms with Crippen LogP contribution in [0.2, 0.25) is 0 Å². The van der Waals surface area contributed by atoms with E-state index in [1.807, 2.05) is 70.3 Å². The van der Waals surface area contributed by atoms with Crippen LogP contribution in [0.15, 0.2) is 97.6 Å². The molecule has 2 heterocycles. The zero-order valence-corrected chi connectivity index (χ0v) is 13.9. The van der Waals surface area contributed by atoms with Gasteiger partial charge >= 0.3 is 0 Å². The van der Waals surface area contributed by atoms with Gasteiger partial charge in [0.25, 0.3) is 0 Å². The van der Waals surface area contributed by atoms with Crippen LogP contribution >= 0.6 is 0 Å². The summed E-state index contributed by atoms with van der Waals surface area (Å²) in [6.45, 7) is 0. The lowest BCUT2D eigenvalue weighted by molar-refractivity contribution is -0.596. The van der Waals surface area contributed by atoms with Crippen molar-refractivity contribution in [3.8, 4) is 22.5 Å². The Kier molecular flexibility index (Phi) is 4.23.